The van der Waals surface area contributed by atoms with E-state index < -0.39 is 74.0 Å². The molecule has 62 heavy (non-hydrogen) atoms. The molecule has 4 heterocycles. The summed E-state index contributed by atoms with van der Waals surface area (Å²) in [5.74, 6) is -4.97. The quantitative estimate of drug-likeness (QED) is 0.261. The number of hydrogen-bond acceptors (Lipinski definition) is 10. The number of anilines is 1. The molecule has 1 spiro atoms. The predicted molar refractivity (Wildman–Crippen MR) is 232 cm³/mol. The molecule has 3 aliphatic heterocycles. The van der Waals surface area contributed by atoms with Crippen molar-refractivity contribution in [1.29, 1.82) is 0 Å². The van der Waals surface area contributed by atoms with Gasteiger partial charge >= 0.3 is 0 Å². The zero-order valence-electron chi connectivity index (χ0n) is 36.0. The maximum Gasteiger partial charge on any atom is 0.289 e. The SMILES string of the molecule is CCCN(CCOC)C(=O)[C@H]1/C(F)=C/C[C@H](C)CS(=O)(NC(=O)c2cn(C)nc2OC)=NC(=O)c2ccc3c(c2F)N(C[C@@H]2CCCN21)C[C@@]1(CCCc2cc(Cl)ccc21)CO3. The maximum absolute atomic E-state index is 17.5. The number of aromatic nitrogens is 2. The molecule has 0 saturated carbocycles. The molecule has 1 N–H and O–H groups in total. The summed E-state index contributed by atoms with van der Waals surface area (Å²) in [6.45, 7) is 5.59. The van der Waals surface area contributed by atoms with Crippen molar-refractivity contribution >= 4 is 44.9 Å². The first-order valence-corrected chi connectivity index (χ1v) is 23.3. The minimum Gasteiger partial charge on any atom is -0.490 e. The molecule has 0 radical (unpaired) electrons. The molecule has 336 valence electrons. The predicted octanol–water partition coefficient (Wildman–Crippen LogP) is 6.26. The highest BCUT2D eigenvalue weighted by molar-refractivity contribution is 7.92. The van der Waals surface area contributed by atoms with E-state index in [-0.39, 0.29) is 62.1 Å². The minimum atomic E-state index is -4.03. The van der Waals surface area contributed by atoms with Gasteiger partial charge in [0.2, 0.25) is 11.8 Å². The second-order valence-corrected chi connectivity index (χ2v) is 19.4. The standard InChI is InChI=1S/C44H56ClF2N7O7S/c1-6-18-52(20-21-59-4)43(57)38-35(46)15-11-28(2)25-62(58,50-41(56)33-24-51(3)48-42(33)60-5)49-40(55)32-13-16-36-39(37(32)47)53(23-31-10-8-19-54(31)38)26-44(27-61-36)17-7-9-29-22-30(45)12-14-34(29)44/h12-16,22,24,28,31,38H,6-11,17-21,23,25-27H2,1-5H3,(H,49,50,55,56,58)/b35-15-/t28-,31-,38+,44-,62?/m0/s1. The van der Waals surface area contributed by atoms with Gasteiger partial charge in [-0.15, -0.1) is 9.46 Å². The van der Waals surface area contributed by atoms with Crippen LogP contribution in [0.5, 0.6) is 11.6 Å². The van der Waals surface area contributed by atoms with Crippen molar-refractivity contribution in [3.05, 3.63) is 81.5 Å². The van der Waals surface area contributed by atoms with E-state index in [2.05, 4.69) is 14.2 Å². The van der Waals surface area contributed by atoms with Crippen molar-refractivity contribution in [3.8, 4) is 11.6 Å². The van der Waals surface area contributed by atoms with Crippen LogP contribution < -0.4 is 19.1 Å². The summed E-state index contributed by atoms with van der Waals surface area (Å²) in [6.07, 6.45) is 6.94. The van der Waals surface area contributed by atoms with Crippen LogP contribution in [0, 0.1) is 11.7 Å². The summed E-state index contributed by atoms with van der Waals surface area (Å²) in [6, 6.07) is 6.88. The van der Waals surface area contributed by atoms with E-state index in [4.69, 9.17) is 25.8 Å². The monoisotopic (exact) mass is 899 g/mol. The highest BCUT2D eigenvalue weighted by Gasteiger charge is 2.46. The van der Waals surface area contributed by atoms with Crippen molar-refractivity contribution in [1.82, 2.24) is 24.3 Å². The fraction of sp³-hybridized carbons (Fsp3) is 0.545. The molecule has 2 bridgehead atoms. The Bertz CT molecular complexity index is 2350. The fourth-order valence-corrected chi connectivity index (χ4v) is 11.6. The summed E-state index contributed by atoms with van der Waals surface area (Å²) < 4.78 is 74.5. The second-order valence-electron chi connectivity index (χ2n) is 16.9. The van der Waals surface area contributed by atoms with Gasteiger partial charge in [0.25, 0.3) is 11.8 Å². The van der Waals surface area contributed by atoms with E-state index in [1.54, 1.807) is 26.0 Å². The Morgan fingerprint density at radius 3 is 2.73 bits per heavy atom. The Morgan fingerprint density at radius 2 is 1.97 bits per heavy atom. The molecule has 4 aliphatic rings. The highest BCUT2D eigenvalue weighted by atomic mass is 35.5. The van der Waals surface area contributed by atoms with E-state index in [9.17, 15) is 18.6 Å². The number of allylic oxidation sites excluding steroid dienone is 1. The lowest BCUT2D eigenvalue weighted by atomic mass is 9.70. The van der Waals surface area contributed by atoms with Crippen LogP contribution >= 0.6 is 11.6 Å². The van der Waals surface area contributed by atoms with E-state index in [1.165, 1.54) is 36.2 Å². The molecule has 3 aromatic rings. The maximum atomic E-state index is 17.5. The first kappa shape index (κ1) is 45.4. The lowest BCUT2D eigenvalue weighted by Crippen LogP contribution is -2.55. The Kier molecular flexibility index (Phi) is 13.9. The van der Waals surface area contributed by atoms with Crippen LogP contribution in [0.1, 0.15) is 84.2 Å². The second kappa shape index (κ2) is 19.0. The number of ether oxygens (including phenoxy) is 3. The van der Waals surface area contributed by atoms with Gasteiger partial charge in [-0.3, -0.25) is 28.7 Å². The van der Waals surface area contributed by atoms with Gasteiger partial charge < -0.3 is 24.0 Å². The Labute approximate surface area is 367 Å². The summed E-state index contributed by atoms with van der Waals surface area (Å²) in [5, 5.41) is 4.71. The Morgan fingerprint density at radius 1 is 1.16 bits per heavy atom. The van der Waals surface area contributed by atoms with Gasteiger partial charge in [0.15, 0.2) is 5.82 Å². The molecule has 1 aromatic heterocycles. The molecule has 7 rings (SSSR count). The summed E-state index contributed by atoms with van der Waals surface area (Å²) >= 11 is 6.48. The minimum absolute atomic E-state index is 0.0125. The number of benzene rings is 2. The first-order chi connectivity index (χ1) is 29.7. The number of methoxy groups -OCH3 is 2. The topological polar surface area (TPSA) is 148 Å². The van der Waals surface area contributed by atoms with Crippen LogP contribution in [0.2, 0.25) is 5.02 Å². The largest absolute Gasteiger partial charge is 0.490 e. The van der Waals surface area contributed by atoms with Crippen molar-refractivity contribution in [2.75, 3.05) is 70.8 Å². The molecular weight excluding hydrogens is 844 g/mol. The number of hydrogen-bond donors (Lipinski definition) is 1. The van der Waals surface area contributed by atoms with Gasteiger partial charge in [-0.2, -0.15) is 0 Å². The molecule has 3 amide bonds. The lowest BCUT2D eigenvalue weighted by molar-refractivity contribution is -0.137. The third-order valence-corrected chi connectivity index (χ3v) is 14.6. The summed E-state index contributed by atoms with van der Waals surface area (Å²) in [5.41, 5.74) is 0.975. The average molecular weight is 900 g/mol. The first-order valence-electron chi connectivity index (χ1n) is 21.3. The van der Waals surface area contributed by atoms with E-state index in [0.717, 1.165) is 30.4 Å². The number of nitrogens with one attached hydrogen (secondary N) is 1. The van der Waals surface area contributed by atoms with E-state index >= 15 is 8.78 Å². The smallest absolute Gasteiger partial charge is 0.289 e. The molecule has 14 nitrogen and oxygen atoms in total. The van der Waals surface area contributed by atoms with Crippen molar-refractivity contribution in [3.63, 3.8) is 0 Å². The van der Waals surface area contributed by atoms with Gasteiger partial charge in [0.1, 0.15) is 38.8 Å². The Hall–Kier alpha value is -4.58. The van der Waals surface area contributed by atoms with Crippen molar-refractivity contribution in [2.45, 2.75) is 76.3 Å². The molecule has 2 aromatic carbocycles. The molecule has 1 aliphatic carbocycles. The van der Waals surface area contributed by atoms with Crippen LogP contribution in [-0.4, -0.2) is 120 Å². The molecule has 18 heteroatoms. The summed E-state index contributed by atoms with van der Waals surface area (Å²) in [4.78, 5) is 48.0. The van der Waals surface area contributed by atoms with Gasteiger partial charge in [-0.05, 0) is 92.8 Å². The molecular formula is C44H56ClF2N7O7S. The molecule has 1 saturated heterocycles. The van der Waals surface area contributed by atoms with Crippen LogP contribution in [0.15, 0.2) is 52.8 Å². The van der Waals surface area contributed by atoms with Gasteiger partial charge in [0.05, 0.1) is 31.6 Å². The number of halogens is 3. The van der Waals surface area contributed by atoms with E-state index in [1.807, 2.05) is 34.9 Å². The van der Waals surface area contributed by atoms with Crippen molar-refractivity contribution < 1.29 is 41.6 Å². The number of carbonyl (C=O) groups is 3. The number of carbonyl (C=O) groups excluding carboxylic acids is 3. The molecule has 5 atom stereocenters. The third-order valence-electron chi connectivity index (χ3n) is 12.4. The molecule has 1 fully saturated rings. The average Bonchev–Trinajstić information content (AvgIpc) is 3.81. The normalized spacial score (nSPS) is 26.3. The third kappa shape index (κ3) is 9.36. The van der Waals surface area contributed by atoms with E-state index in [0.29, 0.717) is 37.4 Å². The molecule has 1 unspecified atom stereocenters. The van der Waals surface area contributed by atoms with Gasteiger partial charge in [-0.25, -0.2) is 13.0 Å². The van der Waals surface area contributed by atoms with Gasteiger partial charge in [0, 0.05) is 63.0 Å². The number of fused-ring (bicyclic) bond motifs is 4. The van der Waals surface area contributed by atoms with Gasteiger partial charge in [-0.1, -0.05) is 37.6 Å². The van der Waals surface area contributed by atoms with Crippen LogP contribution in [-0.2, 0) is 38.3 Å². The lowest BCUT2D eigenvalue weighted by Gasteiger charge is -2.42. The summed E-state index contributed by atoms with van der Waals surface area (Å²) in [7, 11) is 0.413. The van der Waals surface area contributed by atoms with Crippen LogP contribution in [0.25, 0.3) is 0 Å². The Balaban J connectivity index is 1.39. The zero-order chi connectivity index (χ0) is 44.3. The fourth-order valence-electron chi connectivity index (χ4n) is 9.52. The number of aryl methyl sites for hydroxylation is 2. The number of nitrogens with zero attached hydrogens (tertiary/aromatic N) is 6. The number of rotatable bonds is 9. The highest BCUT2D eigenvalue weighted by Crippen LogP contribution is 2.46. The van der Waals surface area contributed by atoms with Crippen LogP contribution in [0.3, 0.4) is 0 Å². The number of amides is 3. The van der Waals surface area contributed by atoms with Crippen molar-refractivity contribution in [2.24, 2.45) is 17.3 Å². The zero-order valence-corrected chi connectivity index (χ0v) is 37.5. The van der Waals surface area contributed by atoms with Crippen LogP contribution in [0.4, 0.5) is 14.5 Å².